The van der Waals surface area contributed by atoms with E-state index in [2.05, 4.69) is 17.1 Å². The minimum atomic E-state index is -0.846. The van der Waals surface area contributed by atoms with Gasteiger partial charge in [-0.15, -0.1) is 0 Å². The largest absolute Gasteiger partial charge is 0.423 e. The van der Waals surface area contributed by atoms with Gasteiger partial charge in [-0.05, 0) is 18.6 Å². The maximum atomic E-state index is 5.58. The number of nitrogens with zero attached hydrogens (tertiary/aromatic N) is 1. The molecule has 0 spiro atoms. The number of hydrogen-bond acceptors (Lipinski definition) is 3. The number of piperazine rings is 1. The van der Waals surface area contributed by atoms with E-state index in [9.17, 15) is 0 Å². The van der Waals surface area contributed by atoms with Gasteiger partial charge in [-0.25, -0.2) is 0 Å². The Bertz CT molecular complexity index is 135. The van der Waals surface area contributed by atoms with E-state index in [0.29, 0.717) is 0 Å². The zero-order valence-corrected chi connectivity index (χ0v) is 10.7. The Morgan fingerprint density at radius 1 is 1.29 bits per heavy atom. The third-order valence-electron chi connectivity index (χ3n) is 2.92. The second-order valence-corrected chi connectivity index (χ2v) is 6.90. The van der Waals surface area contributed by atoms with Crippen molar-refractivity contribution in [1.82, 2.24) is 10.2 Å². The van der Waals surface area contributed by atoms with Crippen LogP contribution in [0.15, 0.2) is 0 Å². The number of hydrogen-bond donors (Lipinski definition) is 1. The maximum Gasteiger partial charge on any atom is 0.177 e. The summed E-state index contributed by atoms with van der Waals surface area (Å²) in [6, 6.07) is 2.66. The molecule has 1 unspecified atom stereocenters. The number of rotatable bonds is 6. The highest BCUT2D eigenvalue weighted by Crippen LogP contribution is 2.05. The van der Waals surface area contributed by atoms with Gasteiger partial charge in [0.1, 0.15) is 0 Å². The molecule has 0 bridgehead atoms. The van der Waals surface area contributed by atoms with Gasteiger partial charge in [-0.1, -0.05) is 13.3 Å². The van der Waals surface area contributed by atoms with Crippen molar-refractivity contribution in [2.24, 2.45) is 0 Å². The zero-order chi connectivity index (χ0) is 10.2. The first kappa shape index (κ1) is 12.2. The molecule has 1 atom stereocenters. The van der Waals surface area contributed by atoms with Gasteiger partial charge in [-0.3, -0.25) is 0 Å². The van der Waals surface area contributed by atoms with E-state index < -0.39 is 9.04 Å². The monoisotopic (exact) mass is 216 g/mol. The molecule has 1 N–H and O–H groups in total. The predicted molar refractivity (Wildman–Crippen MR) is 63.4 cm³/mol. The van der Waals surface area contributed by atoms with Crippen LogP contribution in [0.4, 0.5) is 0 Å². The molecular formula is C10H24N2OSi. The predicted octanol–water partition coefficient (Wildman–Crippen LogP) is 0.672. The Morgan fingerprint density at radius 3 is 2.57 bits per heavy atom. The van der Waals surface area contributed by atoms with Gasteiger partial charge in [-0.2, -0.15) is 0 Å². The van der Waals surface area contributed by atoms with E-state index >= 15 is 0 Å². The summed E-state index contributed by atoms with van der Waals surface area (Å²) >= 11 is 0. The van der Waals surface area contributed by atoms with Crippen molar-refractivity contribution in [3.8, 4) is 0 Å². The Labute approximate surface area is 89.5 Å². The smallest absolute Gasteiger partial charge is 0.177 e. The molecule has 0 saturated carbocycles. The molecule has 0 aliphatic carbocycles. The summed E-state index contributed by atoms with van der Waals surface area (Å²) < 4.78 is 5.58. The first-order chi connectivity index (χ1) is 6.86. The number of nitrogens with one attached hydrogen (secondary N) is 1. The van der Waals surface area contributed by atoms with Gasteiger partial charge in [0.05, 0.1) is 0 Å². The van der Waals surface area contributed by atoms with Crippen LogP contribution < -0.4 is 5.32 Å². The summed E-state index contributed by atoms with van der Waals surface area (Å²) in [6.45, 7) is 8.27. The SMILES string of the molecule is CCC[SiH](CCN1CCNCC1)OC. The highest BCUT2D eigenvalue weighted by atomic mass is 28.3. The standard InChI is InChI=1S/C10H24N2OSi/c1-3-9-14(13-2)10-8-12-6-4-11-5-7-12/h11,14H,3-10H2,1-2H3. The molecule has 0 aromatic rings. The molecule has 4 heteroatoms. The molecule has 0 aromatic carbocycles. The summed E-state index contributed by atoms with van der Waals surface area (Å²) in [5, 5.41) is 3.38. The minimum absolute atomic E-state index is 0.846. The molecule has 1 aliphatic heterocycles. The fraction of sp³-hybridized carbons (Fsp3) is 1.00. The van der Waals surface area contributed by atoms with Gasteiger partial charge in [0, 0.05) is 33.3 Å². The van der Waals surface area contributed by atoms with Crippen molar-refractivity contribution in [1.29, 1.82) is 0 Å². The van der Waals surface area contributed by atoms with Crippen molar-refractivity contribution in [2.75, 3.05) is 39.8 Å². The Hall–Kier alpha value is 0.0969. The van der Waals surface area contributed by atoms with E-state index in [1.165, 1.54) is 38.1 Å². The molecule has 0 aromatic heterocycles. The lowest BCUT2D eigenvalue weighted by Crippen LogP contribution is -2.44. The lowest BCUT2D eigenvalue weighted by molar-refractivity contribution is 0.249. The molecule has 14 heavy (non-hydrogen) atoms. The van der Waals surface area contributed by atoms with Gasteiger partial charge >= 0.3 is 0 Å². The Kier molecular flexibility index (Phi) is 6.43. The van der Waals surface area contributed by atoms with E-state index in [1.54, 1.807) is 0 Å². The van der Waals surface area contributed by atoms with Crippen molar-refractivity contribution in [2.45, 2.75) is 25.4 Å². The average Bonchev–Trinajstić information content (AvgIpc) is 2.25. The third kappa shape index (κ3) is 4.55. The van der Waals surface area contributed by atoms with Crippen LogP contribution in [0.2, 0.25) is 12.1 Å². The lowest BCUT2D eigenvalue weighted by Gasteiger charge is -2.28. The molecule has 1 aliphatic rings. The van der Waals surface area contributed by atoms with Crippen molar-refractivity contribution < 1.29 is 4.43 Å². The summed E-state index contributed by atoms with van der Waals surface area (Å²) in [5.74, 6) is 0. The summed E-state index contributed by atoms with van der Waals surface area (Å²) in [4.78, 5) is 2.56. The Balaban J connectivity index is 2.10. The fourth-order valence-electron chi connectivity index (χ4n) is 1.96. The van der Waals surface area contributed by atoms with Crippen molar-refractivity contribution in [3.05, 3.63) is 0 Å². The lowest BCUT2D eigenvalue weighted by atomic mass is 10.4. The molecule has 3 nitrogen and oxygen atoms in total. The molecule has 1 rings (SSSR count). The molecule has 84 valence electrons. The van der Waals surface area contributed by atoms with Crippen LogP contribution >= 0.6 is 0 Å². The van der Waals surface area contributed by atoms with Crippen molar-refractivity contribution in [3.63, 3.8) is 0 Å². The quantitative estimate of drug-likeness (QED) is 0.661. The van der Waals surface area contributed by atoms with Crippen LogP contribution in [0.3, 0.4) is 0 Å². The van der Waals surface area contributed by atoms with E-state index in [0.717, 1.165) is 13.1 Å². The van der Waals surface area contributed by atoms with Crippen LogP contribution in [-0.4, -0.2) is 53.8 Å². The molecule has 0 radical (unpaired) electrons. The molecule has 0 amide bonds. The van der Waals surface area contributed by atoms with Crippen LogP contribution in [-0.2, 0) is 4.43 Å². The first-order valence-corrected chi connectivity index (χ1v) is 7.93. The average molecular weight is 216 g/mol. The van der Waals surface area contributed by atoms with Crippen LogP contribution in [0, 0.1) is 0 Å². The van der Waals surface area contributed by atoms with Gasteiger partial charge < -0.3 is 14.6 Å². The molecule has 1 heterocycles. The highest BCUT2D eigenvalue weighted by molar-refractivity contribution is 6.51. The second-order valence-electron chi connectivity index (χ2n) is 4.03. The van der Waals surface area contributed by atoms with Gasteiger partial charge in [0.15, 0.2) is 9.04 Å². The van der Waals surface area contributed by atoms with E-state index in [4.69, 9.17) is 4.43 Å². The fourth-order valence-corrected chi connectivity index (χ4v) is 4.02. The Morgan fingerprint density at radius 2 is 2.00 bits per heavy atom. The minimum Gasteiger partial charge on any atom is -0.423 e. The molecule has 1 fully saturated rings. The van der Waals surface area contributed by atoms with Crippen LogP contribution in [0.5, 0.6) is 0 Å². The summed E-state index contributed by atoms with van der Waals surface area (Å²) in [7, 11) is 1.05. The third-order valence-corrected chi connectivity index (χ3v) is 5.71. The zero-order valence-electron chi connectivity index (χ0n) is 9.59. The molecular weight excluding hydrogens is 192 g/mol. The maximum absolute atomic E-state index is 5.58. The molecule has 1 saturated heterocycles. The normalized spacial score (nSPS) is 21.0. The summed E-state index contributed by atoms with van der Waals surface area (Å²) in [6.07, 6.45) is 1.28. The summed E-state index contributed by atoms with van der Waals surface area (Å²) in [5.41, 5.74) is 0. The van der Waals surface area contributed by atoms with E-state index in [1.807, 2.05) is 7.11 Å². The van der Waals surface area contributed by atoms with Gasteiger partial charge in [0.2, 0.25) is 0 Å². The first-order valence-electron chi connectivity index (χ1n) is 5.82. The van der Waals surface area contributed by atoms with Crippen molar-refractivity contribution >= 4 is 9.04 Å². The van der Waals surface area contributed by atoms with Crippen LogP contribution in [0.1, 0.15) is 13.3 Å². The van der Waals surface area contributed by atoms with E-state index in [-0.39, 0.29) is 0 Å². The topological polar surface area (TPSA) is 24.5 Å². The highest BCUT2D eigenvalue weighted by Gasteiger charge is 2.13. The second kappa shape index (κ2) is 7.40. The van der Waals surface area contributed by atoms with Gasteiger partial charge in [0.25, 0.3) is 0 Å². The van der Waals surface area contributed by atoms with Crippen LogP contribution in [0.25, 0.3) is 0 Å².